The molecule has 0 radical (unpaired) electrons. The lowest BCUT2D eigenvalue weighted by atomic mass is 9.92. The summed E-state index contributed by atoms with van der Waals surface area (Å²) in [5, 5.41) is 10.5. The predicted molar refractivity (Wildman–Crippen MR) is 81.7 cm³/mol. The Hall–Kier alpha value is -1.52. The lowest BCUT2D eigenvalue weighted by molar-refractivity contribution is 0.102. The maximum Gasteiger partial charge on any atom is 0.256 e. The van der Waals surface area contributed by atoms with E-state index in [4.69, 9.17) is 23.2 Å². The van der Waals surface area contributed by atoms with Crippen molar-refractivity contribution in [3.05, 3.63) is 45.6 Å². The molecular formula is C14H15Cl2N3O. The number of amides is 1. The number of aromatic nitrogens is 2. The molecular weight excluding hydrogens is 297 g/mol. The molecule has 1 amide bonds. The van der Waals surface area contributed by atoms with Crippen LogP contribution in [0.4, 0.5) is 5.82 Å². The minimum atomic E-state index is -0.282. The van der Waals surface area contributed by atoms with Gasteiger partial charge in [0.15, 0.2) is 5.82 Å². The fourth-order valence-electron chi connectivity index (χ4n) is 1.60. The molecule has 0 aliphatic rings. The van der Waals surface area contributed by atoms with E-state index < -0.39 is 0 Å². The molecule has 1 heterocycles. The third kappa shape index (κ3) is 3.32. The second-order valence-corrected chi connectivity index (χ2v) is 6.31. The molecule has 106 valence electrons. The van der Waals surface area contributed by atoms with E-state index in [9.17, 15) is 4.79 Å². The first-order valence-electron chi connectivity index (χ1n) is 6.09. The van der Waals surface area contributed by atoms with Crippen molar-refractivity contribution in [2.24, 2.45) is 0 Å². The summed E-state index contributed by atoms with van der Waals surface area (Å²) in [5.41, 5.74) is 1.32. The number of aromatic amines is 1. The Morgan fingerprint density at radius 1 is 1.20 bits per heavy atom. The average Bonchev–Trinajstić information content (AvgIpc) is 2.81. The van der Waals surface area contributed by atoms with Crippen molar-refractivity contribution in [1.29, 1.82) is 0 Å². The second-order valence-electron chi connectivity index (χ2n) is 5.50. The molecule has 1 aromatic heterocycles. The lowest BCUT2D eigenvalue weighted by Gasteiger charge is -2.14. The number of halogens is 2. The third-order valence-electron chi connectivity index (χ3n) is 2.81. The number of H-pyrrole nitrogens is 1. The summed E-state index contributed by atoms with van der Waals surface area (Å²) < 4.78 is 0. The quantitative estimate of drug-likeness (QED) is 0.870. The van der Waals surface area contributed by atoms with Crippen LogP contribution in [0.1, 0.15) is 36.8 Å². The molecule has 0 unspecified atom stereocenters. The maximum atomic E-state index is 12.1. The highest BCUT2D eigenvalue weighted by Crippen LogP contribution is 2.24. The van der Waals surface area contributed by atoms with E-state index in [2.05, 4.69) is 36.3 Å². The molecule has 2 N–H and O–H groups in total. The summed E-state index contributed by atoms with van der Waals surface area (Å²) in [6, 6.07) is 6.54. The zero-order valence-corrected chi connectivity index (χ0v) is 12.9. The van der Waals surface area contributed by atoms with Crippen molar-refractivity contribution >= 4 is 34.9 Å². The van der Waals surface area contributed by atoms with Crippen molar-refractivity contribution in [2.75, 3.05) is 5.32 Å². The number of anilines is 1. The second kappa shape index (κ2) is 5.46. The average molecular weight is 312 g/mol. The van der Waals surface area contributed by atoms with Gasteiger partial charge in [0.05, 0.1) is 10.0 Å². The molecule has 0 fully saturated rings. The first-order chi connectivity index (χ1) is 9.27. The van der Waals surface area contributed by atoms with Crippen LogP contribution < -0.4 is 5.32 Å². The molecule has 0 saturated carbocycles. The van der Waals surface area contributed by atoms with E-state index in [0.717, 1.165) is 5.69 Å². The van der Waals surface area contributed by atoms with Gasteiger partial charge in [-0.1, -0.05) is 44.0 Å². The van der Waals surface area contributed by atoms with Crippen molar-refractivity contribution < 1.29 is 4.79 Å². The fraction of sp³-hybridized carbons (Fsp3) is 0.286. The van der Waals surface area contributed by atoms with E-state index in [-0.39, 0.29) is 11.3 Å². The van der Waals surface area contributed by atoms with Crippen LogP contribution in [0, 0.1) is 0 Å². The Morgan fingerprint density at radius 2 is 1.90 bits per heavy atom. The van der Waals surface area contributed by atoms with Crippen LogP contribution in [-0.4, -0.2) is 16.1 Å². The van der Waals surface area contributed by atoms with E-state index >= 15 is 0 Å². The Balaban J connectivity index is 2.15. The number of benzene rings is 1. The first-order valence-corrected chi connectivity index (χ1v) is 6.85. The number of nitrogens with one attached hydrogen (secondary N) is 2. The monoisotopic (exact) mass is 311 g/mol. The Morgan fingerprint density at radius 3 is 2.45 bits per heavy atom. The third-order valence-corrected chi connectivity index (χ3v) is 3.55. The van der Waals surface area contributed by atoms with Gasteiger partial charge in [0, 0.05) is 22.7 Å². The molecule has 0 aliphatic heterocycles. The summed E-state index contributed by atoms with van der Waals surface area (Å²) in [6.45, 7) is 6.18. The van der Waals surface area contributed by atoms with Crippen LogP contribution in [0.5, 0.6) is 0 Å². The summed E-state index contributed by atoms with van der Waals surface area (Å²) in [7, 11) is 0. The van der Waals surface area contributed by atoms with Gasteiger partial charge >= 0.3 is 0 Å². The Labute approximate surface area is 127 Å². The smallest absolute Gasteiger partial charge is 0.256 e. The molecule has 20 heavy (non-hydrogen) atoms. The van der Waals surface area contributed by atoms with Crippen molar-refractivity contribution in [3.63, 3.8) is 0 Å². The van der Waals surface area contributed by atoms with Gasteiger partial charge in [0.25, 0.3) is 5.91 Å². The molecule has 4 nitrogen and oxygen atoms in total. The van der Waals surface area contributed by atoms with E-state index in [0.29, 0.717) is 21.4 Å². The minimum absolute atomic E-state index is 0.0560. The molecule has 0 aliphatic carbocycles. The molecule has 1 aromatic carbocycles. The lowest BCUT2D eigenvalue weighted by Crippen LogP contribution is -2.12. The number of hydrogen-bond donors (Lipinski definition) is 2. The highest BCUT2D eigenvalue weighted by Gasteiger charge is 2.17. The molecule has 0 atom stereocenters. The summed E-state index contributed by atoms with van der Waals surface area (Å²) in [5.74, 6) is 0.196. The highest BCUT2D eigenvalue weighted by molar-refractivity contribution is 6.42. The normalized spacial score (nSPS) is 11.4. The summed E-state index contributed by atoms with van der Waals surface area (Å²) in [4.78, 5) is 12.1. The van der Waals surface area contributed by atoms with Crippen molar-refractivity contribution in [2.45, 2.75) is 26.2 Å². The standard InChI is InChI=1S/C14H15Cl2N3O/c1-14(2,3)11-7-12(19-18-11)17-13(20)8-4-5-9(15)10(16)6-8/h4-7H,1-3H3,(H2,17,18,19,20). The number of rotatable bonds is 2. The summed E-state index contributed by atoms with van der Waals surface area (Å²) >= 11 is 11.7. The molecule has 2 aromatic rings. The highest BCUT2D eigenvalue weighted by atomic mass is 35.5. The van der Waals surface area contributed by atoms with Crippen LogP contribution in [0.25, 0.3) is 0 Å². The van der Waals surface area contributed by atoms with E-state index in [1.807, 2.05) is 6.07 Å². The zero-order valence-electron chi connectivity index (χ0n) is 11.4. The number of carbonyl (C=O) groups is 1. The largest absolute Gasteiger partial charge is 0.305 e. The predicted octanol–water partition coefficient (Wildman–Crippen LogP) is 4.27. The SMILES string of the molecule is CC(C)(C)c1cc(NC(=O)c2ccc(Cl)c(Cl)c2)n[nH]1. The molecule has 2 rings (SSSR count). The van der Waals surface area contributed by atoms with Crippen molar-refractivity contribution in [3.8, 4) is 0 Å². The topological polar surface area (TPSA) is 57.8 Å². The van der Waals surface area contributed by atoms with Gasteiger partial charge in [-0.3, -0.25) is 9.89 Å². The van der Waals surface area contributed by atoms with Crippen LogP contribution in [0.15, 0.2) is 24.3 Å². The van der Waals surface area contributed by atoms with Crippen molar-refractivity contribution in [1.82, 2.24) is 10.2 Å². The number of nitrogens with zero attached hydrogens (tertiary/aromatic N) is 1. The summed E-state index contributed by atoms with van der Waals surface area (Å²) in [6.07, 6.45) is 0. The fourth-order valence-corrected chi connectivity index (χ4v) is 1.89. The zero-order chi connectivity index (χ0) is 14.9. The molecule has 0 spiro atoms. The molecule has 0 saturated heterocycles. The van der Waals surface area contributed by atoms with Crippen LogP contribution in [-0.2, 0) is 5.41 Å². The first kappa shape index (κ1) is 14.9. The van der Waals surface area contributed by atoms with Gasteiger partial charge in [0.2, 0.25) is 0 Å². The van der Waals surface area contributed by atoms with Gasteiger partial charge < -0.3 is 5.32 Å². The maximum absolute atomic E-state index is 12.1. The van der Waals surface area contributed by atoms with Crippen LogP contribution in [0.3, 0.4) is 0 Å². The van der Waals surface area contributed by atoms with Crippen LogP contribution >= 0.6 is 23.2 Å². The number of hydrogen-bond acceptors (Lipinski definition) is 2. The molecule has 0 bridgehead atoms. The van der Waals surface area contributed by atoms with Gasteiger partial charge in [-0.05, 0) is 18.2 Å². The number of carbonyl (C=O) groups excluding carboxylic acids is 1. The van der Waals surface area contributed by atoms with Gasteiger partial charge in [-0.2, -0.15) is 5.10 Å². The van der Waals surface area contributed by atoms with E-state index in [1.165, 1.54) is 6.07 Å². The van der Waals surface area contributed by atoms with Crippen LogP contribution in [0.2, 0.25) is 10.0 Å². The minimum Gasteiger partial charge on any atom is -0.305 e. The molecule has 6 heteroatoms. The van der Waals surface area contributed by atoms with E-state index in [1.54, 1.807) is 12.1 Å². The Kier molecular flexibility index (Phi) is 4.06. The van der Waals surface area contributed by atoms with Gasteiger partial charge in [0.1, 0.15) is 0 Å². The van der Waals surface area contributed by atoms with Gasteiger partial charge in [-0.15, -0.1) is 0 Å². The Bertz CT molecular complexity index is 644. The van der Waals surface area contributed by atoms with Gasteiger partial charge in [-0.25, -0.2) is 0 Å².